The second-order valence-corrected chi connectivity index (χ2v) is 5.21. The molecule has 1 N–H and O–H groups in total. The van der Waals surface area contributed by atoms with E-state index in [4.69, 9.17) is 0 Å². The molecule has 3 heteroatoms. The van der Waals surface area contributed by atoms with Gasteiger partial charge in [0.1, 0.15) is 5.82 Å². The highest BCUT2D eigenvalue weighted by Crippen LogP contribution is 2.09. The first kappa shape index (κ1) is 14.7. The van der Waals surface area contributed by atoms with Crippen LogP contribution < -0.4 is 5.32 Å². The molecule has 0 aromatic heterocycles. The average molecular weight is 251 g/mol. The Morgan fingerprint density at radius 2 is 1.78 bits per heavy atom. The zero-order valence-electron chi connectivity index (χ0n) is 11.4. The topological polar surface area (TPSA) is 29.1 Å². The van der Waals surface area contributed by atoms with Crippen molar-refractivity contribution in [3.63, 3.8) is 0 Å². The van der Waals surface area contributed by atoms with E-state index < -0.39 is 0 Å². The fraction of sp³-hybridized carbons (Fsp3) is 0.533. The van der Waals surface area contributed by atoms with E-state index in [-0.39, 0.29) is 17.8 Å². The van der Waals surface area contributed by atoms with Gasteiger partial charge in [-0.25, -0.2) is 4.39 Å². The monoisotopic (exact) mass is 251 g/mol. The number of nitrogens with one attached hydrogen (secondary N) is 1. The SMILES string of the molecule is CC(C)CCCC(C)NC(=O)c1ccc(F)cc1. The van der Waals surface area contributed by atoms with Crippen molar-refractivity contribution in [1.82, 2.24) is 5.32 Å². The Labute approximate surface area is 109 Å². The Balaban J connectivity index is 2.37. The average Bonchev–Trinajstić information content (AvgIpc) is 2.29. The molecule has 1 amide bonds. The molecule has 2 nitrogen and oxygen atoms in total. The van der Waals surface area contributed by atoms with Crippen LogP contribution in [0.15, 0.2) is 24.3 Å². The molecule has 1 rings (SSSR count). The Morgan fingerprint density at radius 1 is 1.17 bits per heavy atom. The van der Waals surface area contributed by atoms with Crippen LogP contribution >= 0.6 is 0 Å². The third kappa shape index (κ3) is 5.30. The maximum Gasteiger partial charge on any atom is 0.251 e. The van der Waals surface area contributed by atoms with Gasteiger partial charge in [0.15, 0.2) is 0 Å². The Bertz CT molecular complexity index is 373. The smallest absolute Gasteiger partial charge is 0.251 e. The summed E-state index contributed by atoms with van der Waals surface area (Å²) < 4.78 is 12.7. The summed E-state index contributed by atoms with van der Waals surface area (Å²) in [6.07, 6.45) is 3.27. The number of hydrogen-bond donors (Lipinski definition) is 1. The molecule has 100 valence electrons. The molecule has 18 heavy (non-hydrogen) atoms. The maximum atomic E-state index is 12.7. The van der Waals surface area contributed by atoms with E-state index in [9.17, 15) is 9.18 Å². The normalized spacial score (nSPS) is 12.5. The molecule has 0 aliphatic carbocycles. The van der Waals surface area contributed by atoms with E-state index in [1.807, 2.05) is 6.92 Å². The van der Waals surface area contributed by atoms with Crippen molar-refractivity contribution < 1.29 is 9.18 Å². The van der Waals surface area contributed by atoms with Crippen LogP contribution in [0, 0.1) is 11.7 Å². The van der Waals surface area contributed by atoms with Crippen LogP contribution in [0.2, 0.25) is 0 Å². The predicted octanol–water partition coefficient (Wildman–Crippen LogP) is 3.77. The number of carbonyl (C=O) groups is 1. The Kier molecular flexibility index (Phi) is 5.83. The van der Waals surface area contributed by atoms with Crippen molar-refractivity contribution in [3.05, 3.63) is 35.6 Å². The zero-order valence-corrected chi connectivity index (χ0v) is 11.4. The molecule has 0 spiro atoms. The van der Waals surface area contributed by atoms with Gasteiger partial charge in [0.25, 0.3) is 5.91 Å². The minimum absolute atomic E-state index is 0.132. The quantitative estimate of drug-likeness (QED) is 0.819. The highest BCUT2D eigenvalue weighted by molar-refractivity contribution is 5.94. The lowest BCUT2D eigenvalue weighted by atomic mass is 10.0. The van der Waals surface area contributed by atoms with E-state index in [1.165, 1.54) is 30.7 Å². The predicted molar refractivity (Wildman–Crippen MR) is 72.0 cm³/mol. The van der Waals surface area contributed by atoms with Gasteiger partial charge in [0.05, 0.1) is 0 Å². The lowest BCUT2D eigenvalue weighted by Gasteiger charge is -2.14. The van der Waals surface area contributed by atoms with E-state index in [2.05, 4.69) is 19.2 Å². The lowest BCUT2D eigenvalue weighted by Crippen LogP contribution is -2.32. The summed E-state index contributed by atoms with van der Waals surface area (Å²) in [6.45, 7) is 6.39. The molecule has 1 atom stereocenters. The zero-order chi connectivity index (χ0) is 13.5. The van der Waals surface area contributed by atoms with Crippen molar-refractivity contribution in [2.75, 3.05) is 0 Å². The third-order valence-electron chi connectivity index (χ3n) is 2.90. The minimum atomic E-state index is -0.323. The number of halogens is 1. The van der Waals surface area contributed by atoms with E-state index in [1.54, 1.807) is 0 Å². The van der Waals surface area contributed by atoms with Crippen molar-refractivity contribution >= 4 is 5.91 Å². The van der Waals surface area contributed by atoms with Gasteiger partial charge in [-0.15, -0.1) is 0 Å². The fourth-order valence-electron chi connectivity index (χ4n) is 1.81. The molecule has 0 saturated carbocycles. The summed E-state index contributed by atoms with van der Waals surface area (Å²) in [7, 11) is 0. The van der Waals surface area contributed by atoms with Crippen LogP contribution in [0.1, 0.15) is 50.4 Å². The van der Waals surface area contributed by atoms with Crippen LogP contribution in [0.25, 0.3) is 0 Å². The number of amides is 1. The molecular formula is C15H22FNO. The highest BCUT2D eigenvalue weighted by Gasteiger charge is 2.09. The van der Waals surface area contributed by atoms with Crippen LogP contribution in [-0.2, 0) is 0 Å². The first-order valence-electron chi connectivity index (χ1n) is 6.55. The molecule has 0 saturated heterocycles. The summed E-state index contributed by atoms with van der Waals surface area (Å²) in [4.78, 5) is 11.8. The molecule has 0 radical (unpaired) electrons. The van der Waals surface area contributed by atoms with Crippen molar-refractivity contribution in [2.45, 2.75) is 46.1 Å². The minimum Gasteiger partial charge on any atom is -0.350 e. The van der Waals surface area contributed by atoms with Gasteiger partial charge in [0.2, 0.25) is 0 Å². The Hall–Kier alpha value is -1.38. The van der Waals surface area contributed by atoms with Crippen LogP contribution in [-0.4, -0.2) is 11.9 Å². The van der Waals surface area contributed by atoms with Gasteiger partial charge >= 0.3 is 0 Å². The molecule has 0 fully saturated rings. The first-order valence-corrected chi connectivity index (χ1v) is 6.55. The van der Waals surface area contributed by atoms with Gasteiger partial charge in [-0.3, -0.25) is 4.79 Å². The van der Waals surface area contributed by atoms with Gasteiger partial charge in [0, 0.05) is 11.6 Å². The molecule has 1 aromatic rings. The third-order valence-corrected chi connectivity index (χ3v) is 2.90. The summed E-state index contributed by atoms with van der Waals surface area (Å²) in [5, 5.41) is 2.93. The fourth-order valence-corrected chi connectivity index (χ4v) is 1.81. The van der Waals surface area contributed by atoms with Crippen LogP contribution in [0.3, 0.4) is 0 Å². The second kappa shape index (κ2) is 7.14. The molecule has 0 aliphatic rings. The standard InChI is InChI=1S/C15H22FNO/c1-11(2)5-4-6-12(3)17-15(18)13-7-9-14(16)10-8-13/h7-12H,4-6H2,1-3H3,(H,17,18). The Morgan fingerprint density at radius 3 is 2.33 bits per heavy atom. The number of rotatable bonds is 6. The molecule has 1 unspecified atom stereocenters. The first-order chi connectivity index (χ1) is 8.49. The van der Waals surface area contributed by atoms with Gasteiger partial charge in [-0.1, -0.05) is 26.7 Å². The highest BCUT2D eigenvalue weighted by atomic mass is 19.1. The van der Waals surface area contributed by atoms with Crippen LogP contribution in [0.4, 0.5) is 4.39 Å². The number of benzene rings is 1. The molecule has 0 bridgehead atoms. The number of hydrogen-bond acceptors (Lipinski definition) is 1. The van der Waals surface area contributed by atoms with Gasteiger partial charge in [-0.05, 0) is 43.5 Å². The molecular weight excluding hydrogens is 229 g/mol. The van der Waals surface area contributed by atoms with Crippen molar-refractivity contribution in [3.8, 4) is 0 Å². The molecule has 0 heterocycles. The van der Waals surface area contributed by atoms with Gasteiger partial charge in [-0.2, -0.15) is 0 Å². The summed E-state index contributed by atoms with van der Waals surface area (Å²) in [5.41, 5.74) is 0.507. The van der Waals surface area contributed by atoms with Gasteiger partial charge < -0.3 is 5.32 Å². The van der Waals surface area contributed by atoms with Crippen molar-refractivity contribution in [2.24, 2.45) is 5.92 Å². The number of carbonyl (C=O) groups excluding carboxylic acids is 1. The maximum absolute atomic E-state index is 12.7. The molecule has 0 aliphatic heterocycles. The van der Waals surface area contributed by atoms with Crippen LogP contribution in [0.5, 0.6) is 0 Å². The van der Waals surface area contributed by atoms with E-state index in [0.717, 1.165) is 12.8 Å². The second-order valence-electron chi connectivity index (χ2n) is 5.21. The largest absolute Gasteiger partial charge is 0.350 e. The molecule has 1 aromatic carbocycles. The lowest BCUT2D eigenvalue weighted by molar-refractivity contribution is 0.0937. The van der Waals surface area contributed by atoms with E-state index >= 15 is 0 Å². The van der Waals surface area contributed by atoms with E-state index in [0.29, 0.717) is 11.5 Å². The summed E-state index contributed by atoms with van der Waals surface area (Å²) in [6, 6.07) is 5.77. The summed E-state index contributed by atoms with van der Waals surface area (Å²) in [5.74, 6) is 0.244. The van der Waals surface area contributed by atoms with Crippen molar-refractivity contribution in [1.29, 1.82) is 0 Å². The summed E-state index contributed by atoms with van der Waals surface area (Å²) >= 11 is 0.